The van der Waals surface area contributed by atoms with Crippen LogP contribution in [0.15, 0.2) is 24.3 Å². The number of hydrogen-bond donors (Lipinski definition) is 1. The van der Waals surface area contributed by atoms with Crippen molar-refractivity contribution in [2.24, 2.45) is 5.92 Å². The Kier molecular flexibility index (Phi) is 4.65. The van der Waals surface area contributed by atoms with E-state index < -0.39 is 0 Å². The molecule has 100 valence electrons. The summed E-state index contributed by atoms with van der Waals surface area (Å²) in [6.45, 7) is 6.69. The summed E-state index contributed by atoms with van der Waals surface area (Å²) in [4.78, 5) is 2.40. The summed E-state index contributed by atoms with van der Waals surface area (Å²) in [6, 6.07) is 9.32. The molecule has 0 spiro atoms. The summed E-state index contributed by atoms with van der Waals surface area (Å²) in [5, 5.41) is 3.71. The zero-order chi connectivity index (χ0) is 13.0. The Labute approximate surface area is 111 Å². The minimum absolute atomic E-state index is 0.662. The fourth-order valence-electron chi connectivity index (χ4n) is 2.59. The highest BCUT2D eigenvalue weighted by Gasteiger charge is 2.31. The predicted molar refractivity (Wildman–Crippen MR) is 79.3 cm³/mol. The van der Waals surface area contributed by atoms with Gasteiger partial charge in [0.1, 0.15) is 0 Å². The zero-order valence-corrected chi connectivity index (χ0v) is 11.9. The first-order chi connectivity index (χ1) is 8.72. The molecule has 0 radical (unpaired) electrons. The third-order valence-electron chi connectivity index (χ3n) is 3.84. The first-order valence-corrected chi connectivity index (χ1v) is 7.22. The Morgan fingerprint density at radius 1 is 1.33 bits per heavy atom. The Morgan fingerprint density at radius 2 is 2.06 bits per heavy atom. The van der Waals surface area contributed by atoms with Crippen LogP contribution in [0.5, 0.6) is 0 Å². The summed E-state index contributed by atoms with van der Waals surface area (Å²) in [7, 11) is 2.21. The molecule has 1 N–H and O–H groups in total. The van der Waals surface area contributed by atoms with E-state index in [-0.39, 0.29) is 0 Å². The number of para-hydroxylation sites is 1. The molecule has 2 nitrogen and oxygen atoms in total. The van der Waals surface area contributed by atoms with Crippen LogP contribution in [-0.4, -0.2) is 26.2 Å². The summed E-state index contributed by atoms with van der Waals surface area (Å²) >= 11 is 0. The average Bonchev–Trinajstić information content (AvgIpc) is 3.19. The number of nitrogens with zero attached hydrogens (tertiary/aromatic N) is 1. The van der Waals surface area contributed by atoms with Crippen molar-refractivity contribution in [1.29, 1.82) is 0 Å². The quantitative estimate of drug-likeness (QED) is 0.795. The topological polar surface area (TPSA) is 15.3 Å². The lowest BCUT2D eigenvalue weighted by molar-refractivity contribution is 0.463. The maximum Gasteiger partial charge on any atom is 0.0393 e. The van der Waals surface area contributed by atoms with Gasteiger partial charge in [-0.05, 0) is 50.3 Å². The van der Waals surface area contributed by atoms with Crippen LogP contribution in [0.3, 0.4) is 0 Å². The first-order valence-electron chi connectivity index (χ1n) is 7.22. The van der Waals surface area contributed by atoms with Gasteiger partial charge in [-0.2, -0.15) is 0 Å². The van der Waals surface area contributed by atoms with E-state index in [1.165, 1.54) is 30.5 Å². The van der Waals surface area contributed by atoms with Crippen molar-refractivity contribution >= 4 is 5.69 Å². The molecule has 1 atom stereocenters. The third-order valence-corrected chi connectivity index (χ3v) is 3.84. The summed E-state index contributed by atoms with van der Waals surface area (Å²) in [5.41, 5.74) is 2.73. The molecule has 0 amide bonds. The van der Waals surface area contributed by atoms with Gasteiger partial charge < -0.3 is 10.2 Å². The highest BCUT2D eigenvalue weighted by atomic mass is 15.1. The van der Waals surface area contributed by atoms with Gasteiger partial charge >= 0.3 is 0 Å². The third kappa shape index (κ3) is 3.49. The fraction of sp³-hybridized carbons (Fsp3) is 0.625. The molecular formula is C16H26N2. The molecule has 1 unspecified atom stereocenters. The Hall–Kier alpha value is -1.02. The second-order valence-electron chi connectivity index (χ2n) is 5.57. The molecule has 1 aliphatic rings. The number of nitrogens with one attached hydrogen (secondary N) is 1. The van der Waals surface area contributed by atoms with Crippen LogP contribution in [-0.2, 0) is 0 Å². The molecule has 1 aromatic rings. The SMILES string of the molecule is CCCNC(CN(C)c1ccccc1C)C1CC1. The molecule has 2 heteroatoms. The number of anilines is 1. The van der Waals surface area contributed by atoms with Crippen molar-refractivity contribution in [3.63, 3.8) is 0 Å². The van der Waals surface area contributed by atoms with Crippen molar-refractivity contribution in [2.45, 2.75) is 39.2 Å². The molecule has 0 saturated heterocycles. The van der Waals surface area contributed by atoms with Gasteiger partial charge in [0.2, 0.25) is 0 Å². The molecule has 1 fully saturated rings. The zero-order valence-electron chi connectivity index (χ0n) is 11.9. The molecule has 0 aliphatic heterocycles. The van der Waals surface area contributed by atoms with E-state index in [1.807, 2.05) is 0 Å². The van der Waals surface area contributed by atoms with Gasteiger partial charge in [0, 0.05) is 25.3 Å². The fourth-order valence-corrected chi connectivity index (χ4v) is 2.59. The smallest absolute Gasteiger partial charge is 0.0393 e. The maximum absolute atomic E-state index is 3.71. The molecule has 0 aromatic heterocycles. The lowest BCUT2D eigenvalue weighted by atomic mass is 10.1. The largest absolute Gasteiger partial charge is 0.373 e. The molecule has 2 rings (SSSR count). The van der Waals surface area contributed by atoms with E-state index >= 15 is 0 Å². The summed E-state index contributed by atoms with van der Waals surface area (Å²) < 4.78 is 0. The van der Waals surface area contributed by atoms with Crippen molar-refractivity contribution in [3.8, 4) is 0 Å². The number of rotatable bonds is 7. The Morgan fingerprint density at radius 3 is 2.67 bits per heavy atom. The normalized spacial score (nSPS) is 16.6. The van der Waals surface area contributed by atoms with E-state index in [2.05, 4.69) is 55.4 Å². The second kappa shape index (κ2) is 6.24. The van der Waals surface area contributed by atoms with E-state index in [0.717, 1.165) is 19.0 Å². The van der Waals surface area contributed by atoms with Crippen LogP contribution in [0.4, 0.5) is 5.69 Å². The highest BCUT2D eigenvalue weighted by Crippen LogP contribution is 2.33. The minimum atomic E-state index is 0.662. The minimum Gasteiger partial charge on any atom is -0.373 e. The second-order valence-corrected chi connectivity index (χ2v) is 5.57. The average molecular weight is 246 g/mol. The molecule has 0 bridgehead atoms. The molecule has 1 aliphatic carbocycles. The number of benzene rings is 1. The molecule has 1 saturated carbocycles. The van der Waals surface area contributed by atoms with Gasteiger partial charge in [-0.3, -0.25) is 0 Å². The van der Waals surface area contributed by atoms with Crippen molar-refractivity contribution in [3.05, 3.63) is 29.8 Å². The maximum atomic E-state index is 3.71. The van der Waals surface area contributed by atoms with Gasteiger partial charge in [0.25, 0.3) is 0 Å². The number of aryl methyl sites for hydroxylation is 1. The van der Waals surface area contributed by atoms with Crippen LogP contribution in [0.25, 0.3) is 0 Å². The van der Waals surface area contributed by atoms with Gasteiger partial charge in [0.15, 0.2) is 0 Å². The van der Waals surface area contributed by atoms with Crippen molar-refractivity contribution < 1.29 is 0 Å². The lowest BCUT2D eigenvalue weighted by Crippen LogP contribution is -2.41. The first kappa shape index (κ1) is 13.4. The summed E-state index contributed by atoms with van der Waals surface area (Å²) in [6.07, 6.45) is 4.03. The molecular weight excluding hydrogens is 220 g/mol. The van der Waals surface area contributed by atoms with Crippen LogP contribution in [0, 0.1) is 12.8 Å². The number of hydrogen-bond acceptors (Lipinski definition) is 2. The highest BCUT2D eigenvalue weighted by molar-refractivity contribution is 5.52. The van der Waals surface area contributed by atoms with Crippen molar-refractivity contribution in [2.75, 3.05) is 25.0 Å². The van der Waals surface area contributed by atoms with Crippen molar-refractivity contribution in [1.82, 2.24) is 5.32 Å². The molecule has 0 heterocycles. The lowest BCUT2D eigenvalue weighted by Gasteiger charge is -2.27. The van der Waals surface area contributed by atoms with Crippen LogP contribution >= 0.6 is 0 Å². The van der Waals surface area contributed by atoms with Gasteiger partial charge in [-0.25, -0.2) is 0 Å². The predicted octanol–water partition coefficient (Wildman–Crippen LogP) is 3.21. The van der Waals surface area contributed by atoms with Crippen LogP contribution < -0.4 is 10.2 Å². The Balaban J connectivity index is 1.96. The van der Waals surface area contributed by atoms with E-state index in [9.17, 15) is 0 Å². The van der Waals surface area contributed by atoms with Crippen LogP contribution in [0.1, 0.15) is 31.7 Å². The van der Waals surface area contributed by atoms with Gasteiger partial charge in [0.05, 0.1) is 0 Å². The molecule has 18 heavy (non-hydrogen) atoms. The Bertz CT molecular complexity index is 371. The number of likely N-dealkylation sites (N-methyl/N-ethyl adjacent to an activating group) is 1. The van der Waals surface area contributed by atoms with Gasteiger partial charge in [-0.15, -0.1) is 0 Å². The van der Waals surface area contributed by atoms with Crippen LogP contribution in [0.2, 0.25) is 0 Å². The van der Waals surface area contributed by atoms with E-state index in [0.29, 0.717) is 6.04 Å². The van der Waals surface area contributed by atoms with Gasteiger partial charge in [-0.1, -0.05) is 25.1 Å². The van der Waals surface area contributed by atoms with E-state index in [4.69, 9.17) is 0 Å². The molecule has 1 aromatic carbocycles. The van der Waals surface area contributed by atoms with E-state index in [1.54, 1.807) is 0 Å². The standard InChI is InChI=1S/C16H26N2/c1-4-11-17-15(14-9-10-14)12-18(3)16-8-6-5-7-13(16)2/h5-8,14-15,17H,4,9-12H2,1-3H3. The monoisotopic (exact) mass is 246 g/mol. The summed E-state index contributed by atoms with van der Waals surface area (Å²) in [5.74, 6) is 0.906.